The van der Waals surface area contributed by atoms with Gasteiger partial charge in [-0.1, -0.05) is 0 Å². The van der Waals surface area contributed by atoms with Crippen molar-refractivity contribution in [3.63, 3.8) is 0 Å². The minimum absolute atomic E-state index is 0.0666. The van der Waals surface area contributed by atoms with E-state index in [0.717, 1.165) is 0 Å². The molecule has 0 spiro atoms. The summed E-state index contributed by atoms with van der Waals surface area (Å²) < 4.78 is 43.9. The SMILES string of the molecule is CCOc1ccc(NS(=O)(=O)c2ccc(NC(=O)[C@@H](C)Oc3ccc(OC)cc3)cc2)cc1. The van der Waals surface area contributed by atoms with E-state index < -0.39 is 16.1 Å². The summed E-state index contributed by atoms with van der Waals surface area (Å²) in [4.78, 5) is 12.5. The van der Waals surface area contributed by atoms with Crippen LogP contribution < -0.4 is 24.2 Å². The first kappa shape index (κ1) is 23.9. The standard InChI is InChI=1S/C24H26N2O6S/c1-4-31-21-9-5-19(6-10-21)26-33(28,29)23-15-7-18(8-16-23)25-24(27)17(2)32-22-13-11-20(30-3)12-14-22/h5-17,26H,4H2,1-3H3,(H,25,27)/t17-/m1/s1. The molecule has 174 valence electrons. The van der Waals surface area contributed by atoms with Crippen LogP contribution in [0, 0.1) is 0 Å². The molecule has 0 saturated carbocycles. The van der Waals surface area contributed by atoms with Gasteiger partial charge in [0.25, 0.3) is 15.9 Å². The van der Waals surface area contributed by atoms with Gasteiger partial charge in [0.15, 0.2) is 6.10 Å². The van der Waals surface area contributed by atoms with Crippen molar-refractivity contribution in [1.29, 1.82) is 0 Å². The highest BCUT2D eigenvalue weighted by molar-refractivity contribution is 7.92. The van der Waals surface area contributed by atoms with Crippen LogP contribution in [-0.2, 0) is 14.8 Å². The molecule has 0 aliphatic heterocycles. The van der Waals surface area contributed by atoms with Gasteiger partial charge in [-0.2, -0.15) is 0 Å². The van der Waals surface area contributed by atoms with Crippen LogP contribution in [0.5, 0.6) is 17.2 Å². The fourth-order valence-electron chi connectivity index (χ4n) is 2.87. The van der Waals surface area contributed by atoms with Crippen molar-refractivity contribution in [3.8, 4) is 17.2 Å². The van der Waals surface area contributed by atoms with E-state index in [1.807, 2.05) is 6.92 Å². The van der Waals surface area contributed by atoms with Crippen LogP contribution in [0.4, 0.5) is 11.4 Å². The normalized spacial score (nSPS) is 11.8. The molecule has 0 aromatic heterocycles. The highest BCUT2D eigenvalue weighted by Crippen LogP contribution is 2.22. The van der Waals surface area contributed by atoms with E-state index in [2.05, 4.69) is 10.0 Å². The molecule has 1 atom stereocenters. The van der Waals surface area contributed by atoms with E-state index in [1.165, 1.54) is 24.3 Å². The fourth-order valence-corrected chi connectivity index (χ4v) is 3.93. The number of sulfonamides is 1. The average molecular weight is 471 g/mol. The average Bonchev–Trinajstić information content (AvgIpc) is 2.81. The van der Waals surface area contributed by atoms with Crippen LogP contribution in [0.2, 0.25) is 0 Å². The zero-order valence-electron chi connectivity index (χ0n) is 18.6. The summed E-state index contributed by atoms with van der Waals surface area (Å²) in [7, 11) is -2.22. The monoisotopic (exact) mass is 470 g/mol. The summed E-state index contributed by atoms with van der Waals surface area (Å²) >= 11 is 0. The van der Waals surface area contributed by atoms with Gasteiger partial charge in [-0.15, -0.1) is 0 Å². The third kappa shape index (κ3) is 6.63. The number of ether oxygens (including phenoxy) is 3. The second kappa shape index (κ2) is 10.7. The smallest absolute Gasteiger partial charge is 0.265 e. The molecule has 0 aliphatic rings. The molecule has 3 aromatic carbocycles. The van der Waals surface area contributed by atoms with Gasteiger partial charge >= 0.3 is 0 Å². The van der Waals surface area contributed by atoms with Crippen molar-refractivity contribution in [1.82, 2.24) is 0 Å². The van der Waals surface area contributed by atoms with Gasteiger partial charge in [-0.05, 0) is 86.6 Å². The number of anilines is 2. The Labute approximate surface area is 193 Å². The summed E-state index contributed by atoms with van der Waals surface area (Å²) in [5, 5.41) is 2.71. The maximum Gasteiger partial charge on any atom is 0.265 e. The maximum atomic E-state index is 12.6. The van der Waals surface area contributed by atoms with E-state index >= 15 is 0 Å². The highest BCUT2D eigenvalue weighted by Gasteiger charge is 2.17. The summed E-state index contributed by atoms with van der Waals surface area (Å²) in [6.45, 7) is 4.02. The highest BCUT2D eigenvalue weighted by atomic mass is 32.2. The topological polar surface area (TPSA) is 103 Å². The number of hydrogen-bond acceptors (Lipinski definition) is 6. The Bertz CT molecular complexity index is 1160. The van der Waals surface area contributed by atoms with E-state index in [0.29, 0.717) is 35.2 Å². The van der Waals surface area contributed by atoms with Gasteiger partial charge in [0.05, 0.1) is 18.6 Å². The van der Waals surface area contributed by atoms with Crippen molar-refractivity contribution in [2.75, 3.05) is 23.8 Å². The van der Waals surface area contributed by atoms with E-state index in [9.17, 15) is 13.2 Å². The molecule has 0 unspecified atom stereocenters. The first-order chi connectivity index (χ1) is 15.8. The lowest BCUT2D eigenvalue weighted by Crippen LogP contribution is -2.30. The molecule has 0 fully saturated rings. The Morgan fingerprint density at radius 1 is 0.848 bits per heavy atom. The number of carbonyl (C=O) groups excluding carboxylic acids is 1. The molecule has 9 heteroatoms. The molecule has 8 nitrogen and oxygen atoms in total. The van der Waals surface area contributed by atoms with Crippen LogP contribution in [0.1, 0.15) is 13.8 Å². The Hall–Kier alpha value is -3.72. The minimum atomic E-state index is -3.78. The Kier molecular flexibility index (Phi) is 7.78. The number of hydrogen-bond donors (Lipinski definition) is 2. The fraction of sp³-hybridized carbons (Fsp3) is 0.208. The summed E-state index contributed by atoms with van der Waals surface area (Å²) in [6.07, 6.45) is -0.761. The van der Waals surface area contributed by atoms with Crippen LogP contribution in [0.15, 0.2) is 77.7 Å². The molecule has 33 heavy (non-hydrogen) atoms. The molecule has 3 rings (SSSR count). The van der Waals surface area contributed by atoms with Gasteiger partial charge in [-0.25, -0.2) is 8.42 Å². The lowest BCUT2D eigenvalue weighted by Gasteiger charge is -2.15. The number of methoxy groups -OCH3 is 1. The third-order valence-corrected chi connectivity index (χ3v) is 5.99. The van der Waals surface area contributed by atoms with Gasteiger partial charge in [-0.3, -0.25) is 9.52 Å². The largest absolute Gasteiger partial charge is 0.497 e. The van der Waals surface area contributed by atoms with Crippen molar-refractivity contribution in [3.05, 3.63) is 72.8 Å². The molecular weight excluding hydrogens is 444 g/mol. The van der Waals surface area contributed by atoms with E-state index in [4.69, 9.17) is 14.2 Å². The molecule has 0 bridgehead atoms. The summed E-state index contributed by atoms with van der Waals surface area (Å²) in [6, 6.07) is 19.4. The summed E-state index contributed by atoms with van der Waals surface area (Å²) in [5.74, 6) is 1.51. The number of nitrogens with one attached hydrogen (secondary N) is 2. The molecule has 2 N–H and O–H groups in total. The van der Waals surface area contributed by atoms with Crippen LogP contribution in [0.3, 0.4) is 0 Å². The molecule has 0 radical (unpaired) electrons. The van der Waals surface area contributed by atoms with E-state index in [-0.39, 0.29) is 10.8 Å². The molecule has 3 aromatic rings. The van der Waals surface area contributed by atoms with Crippen molar-refractivity contribution >= 4 is 27.3 Å². The lowest BCUT2D eigenvalue weighted by molar-refractivity contribution is -0.122. The zero-order valence-corrected chi connectivity index (χ0v) is 19.4. The number of carbonyl (C=O) groups is 1. The van der Waals surface area contributed by atoms with Crippen LogP contribution >= 0.6 is 0 Å². The molecule has 1 amide bonds. The van der Waals surface area contributed by atoms with E-state index in [1.54, 1.807) is 62.6 Å². The minimum Gasteiger partial charge on any atom is -0.497 e. The van der Waals surface area contributed by atoms with Crippen LogP contribution in [-0.4, -0.2) is 34.1 Å². The molecule has 0 aliphatic carbocycles. The first-order valence-corrected chi connectivity index (χ1v) is 11.8. The van der Waals surface area contributed by atoms with Gasteiger partial charge in [0.1, 0.15) is 17.2 Å². The van der Waals surface area contributed by atoms with Gasteiger partial charge in [0, 0.05) is 11.4 Å². The number of benzene rings is 3. The summed E-state index contributed by atoms with van der Waals surface area (Å²) in [5.41, 5.74) is 0.866. The van der Waals surface area contributed by atoms with Gasteiger partial charge < -0.3 is 19.5 Å². The van der Waals surface area contributed by atoms with Crippen LogP contribution in [0.25, 0.3) is 0 Å². The van der Waals surface area contributed by atoms with Crippen molar-refractivity contribution in [2.45, 2.75) is 24.8 Å². The molecule has 0 heterocycles. The van der Waals surface area contributed by atoms with Gasteiger partial charge in [0.2, 0.25) is 0 Å². The third-order valence-electron chi connectivity index (χ3n) is 4.59. The number of amides is 1. The Balaban J connectivity index is 1.59. The lowest BCUT2D eigenvalue weighted by atomic mass is 10.3. The Morgan fingerprint density at radius 3 is 1.97 bits per heavy atom. The Morgan fingerprint density at radius 2 is 1.39 bits per heavy atom. The quantitative estimate of drug-likeness (QED) is 0.458. The number of rotatable bonds is 10. The zero-order chi connectivity index (χ0) is 23.8. The van der Waals surface area contributed by atoms with Crippen molar-refractivity contribution < 1.29 is 27.4 Å². The maximum absolute atomic E-state index is 12.6. The molecule has 0 saturated heterocycles. The van der Waals surface area contributed by atoms with Crippen molar-refractivity contribution in [2.24, 2.45) is 0 Å². The predicted octanol–water partition coefficient (Wildman–Crippen LogP) is 4.30. The predicted molar refractivity (Wildman–Crippen MR) is 127 cm³/mol. The second-order valence-electron chi connectivity index (χ2n) is 7.01. The molecular formula is C24H26N2O6S. The first-order valence-electron chi connectivity index (χ1n) is 10.3. The second-order valence-corrected chi connectivity index (χ2v) is 8.69.